The van der Waals surface area contributed by atoms with Gasteiger partial charge in [-0.15, -0.1) is 0 Å². The number of halogens is 2. The Labute approximate surface area is 188 Å². The third kappa shape index (κ3) is 2.94. The van der Waals surface area contributed by atoms with E-state index >= 15 is 0 Å². The van der Waals surface area contributed by atoms with E-state index in [0.29, 0.717) is 22.3 Å². The number of aryl methyl sites for hydroxylation is 1. The van der Waals surface area contributed by atoms with Crippen LogP contribution in [0.1, 0.15) is 31.2 Å². The number of hydrogen-bond donors (Lipinski definition) is 0. The lowest BCUT2D eigenvalue weighted by Crippen LogP contribution is -2.40. The topological polar surface area (TPSA) is 58.2 Å². The fourth-order valence-corrected chi connectivity index (χ4v) is 4.83. The molecule has 170 valence electrons. The third-order valence-electron chi connectivity index (χ3n) is 6.38. The summed E-state index contributed by atoms with van der Waals surface area (Å²) < 4.78 is 39.6. The highest BCUT2D eigenvalue weighted by Crippen LogP contribution is 2.45. The van der Waals surface area contributed by atoms with E-state index in [0.717, 1.165) is 16.2 Å². The highest BCUT2D eigenvalue weighted by molar-refractivity contribution is 5.96. The minimum atomic E-state index is -1.02. The summed E-state index contributed by atoms with van der Waals surface area (Å²) in [5.41, 5.74) is 0.598. The van der Waals surface area contributed by atoms with E-state index in [-0.39, 0.29) is 12.2 Å². The molecule has 0 N–H and O–H groups in total. The minimum Gasteiger partial charge on any atom is -0.365 e. The molecule has 1 aliphatic heterocycles. The SMILES string of the molecule is Cn1c(=O)c2c(-c3ccccc3)n3c(c2n(C)c1=O)C(c1cccc(F)c1F)OCC3(C)C. The van der Waals surface area contributed by atoms with Crippen molar-refractivity contribution in [2.75, 3.05) is 6.61 Å². The summed E-state index contributed by atoms with van der Waals surface area (Å²) >= 11 is 0. The van der Waals surface area contributed by atoms with Gasteiger partial charge in [0.05, 0.1) is 34.4 Å². The maximum absolute atomic E-state index is 14.9. The van der Waals surface area contributed by atoms with Gasteiger partial charge in [-0.3, -0.25) is 13.9 Å². The zero-order valence-electron chi connectivity index (χ0n) is 18.7. The number of nitrogens with zero attached hydrogens (tertiary/aromatic N) is 3. The van der Waals surface area contributed by atoms with Crippen molar-refractivity contribution in [1.82, 2.24) is 13.7 Å². The van der Waals surface area contributed by atoms with Crippen LogP contribution in [0.3, 0.4) is 0 Å². The van der Waals surface area contributed by atoms with Gasteiger partial charge in [0.1, 0.15) is 6.10 Å². The van der Waals surface area contributed by atoms with Gasteiger partial charge in [-0.25, -0.2) is 13.6 Å². The minimum absolute atomic E-state index is 0.0129. The molecule has 1 atom stereocenters. The molecule has 0 fully saturated rings. The number of rotatable bonds is 2. The van der Waals surface area contributed by atoms with Crippen molar-refractivity contribution in [3.05, 3.63) is 92.3 Å². The van der Waals surface area contributed by atoms with E-state index < -0.39 is 34.5 Å². The van der Waals surface area contributed by atoms with Crippen molar-refractivity contribution >= 4 is 10.9 Å². The van der Waals surface area contributed by atoms with Gasteiger partial charge < -0.3 is 9.30 Å². The van der Waals surface area contributed by atoms with Gasteiger partial charge >= 0.3 is 5.69 Å². The monoisotopic (exact) mass is 451 g/mol. The van der Waals surface area contributed by atoms with Crippen LogP contribution in [-0.2, 0) is 24.4 Å². The van der Waals surface area contributed by atoms with Crippen LogP contribution in [0.5, 0.6) is 0 Å². The fraction of sp³-hybridized carbons (Fsp3) is 0.280. The van der Waals surface area contributed by atoms with E-state index in [1.807, 2.05) is 48.7 Å². The molecule has 2 aromatic carbocycles. The second kappa shape index (κ2) is 7.25. The molecule has 8 heteroatoms. The van der Waals surface area contributed by atoms with E-state index in [1.54, 1.807) is 7.05 Å². The molecule has 0 amide bonds. The van der Waals surface area contributed by atoms with Gasteiger partial charge in [0.25, 0.3) is 5.56 Å². The van der Waals surface area contributed by atoms with Gasteiger partial charge in [-0.05, 0) is 25.5 Å². The van der Waals surface area contributed by atoms with Crippen molar-refractivity contribution in [1.29, 1.82) is 0 Å². The van der Waals surface area contributed by atoms with Crippen LogP contribution in [-0.4, -0.2) is 20.3 Å². The molecule has 4 aromatic rings. The Morgan fingerprint density at radius 3 is 2.36 bits per heavy atom. The maximum Gasteiger partial charge on any atom is 0.331 e. The molecular weight excluding hydrogens is 428 g/mol. The molecular formula is C25H23F2N3O3. The summed E-state index contributed by atoms with van der Waals surface area (Å²) in [5, 5.41) is 0.334. The first-order valence-corrected chi connectivity index (χ1v) is 10.6. The molecule has 33 heavy (non-hydrogen) atoms. The largest absolute Gasteiger partial charge is 0.365 e. The van der Waals surface area contributed by atoms with Crippen LogP contribution in [0.15, 0.2) is 58.1 Å². The maximum atomic E-state index is 14.9. The summed E-state index contributed by atoms with van der Waals surface area (Å²) in [6.07, 6.45) is -1.01. The molecule has 2 aromatic heterocycles. The molecule has 1 unspecified atom stereocenters. The van der Waals surface area contributed by atoms with Crippen LogP contribution in [0, 0.1) is 11.6 Å². The molecule has 3 heterocycles. The number of ether oxygens (including phenoxy) is 1. The van der Waals surface area contributed by atoms with E-state index in [9.17, 15) is 18.4 Å². The molecule has 0 spiro atoms. The molecule has 0 radical (unpaired) electrons. The summed E-state index contributed by atoms with van der Waals surface area (Å²) in [4.78, 5) is 26.4. The van der Waals surface area contributed by atoms with Gasteiger partial charge in [-0.1, -0.05) is 42.5 Å². The van der Waals surface area contributed by atoms with Crippen LogP contribution in [0.4, 0.5) is 8.78 Å². The van der Waals surface area contributed by atoms with E-state index in [2.05, 4.69) is 0 Å². The number of aromatic nitrogens is 3. The lowest BCUT2D eigenvalue weighted by molar-refractivity contribution is -0.00881. The highest BCUT2D eigenvalue weighted by atomic mass is 19.2. The van der Waals surface area contributed by atoms with Gasteiger partial charge in [0, 0.05) is 19.7 Å². The Bertz CT molecular complexity index is 1530. The van der Waals surface area contributed by atoms with Crippen molar-refractivity contribution < 1.29 is 13.5 Å². The zero-order valence-corrected chi connectivity index (χ0v) is 18.7. The first kappa shape index (κ1) is 21.3. The first-order chi connectivity index (χ1) is 15.6. The molecule has 1 aliphatic rings. The summed E-state index contributed by atoms with van der Waals surface area (Å²) in [6, 6.07) is 13.3. The van der Waals surface area contributed by atoms with Crippen LogP contribution < -0.4 is 11.2 Å². The predicted molar refractivity (Wildman–Crippen MR) is 121 cm³/mol. The van der Waals surface area contributed by atoms with Gasteiger partial charge in [0.15, 0.2) is 11.6 Å². The number of fused-ring (bicyclic) bond motifs is 3. The second-order valence-electron chi connectivity index (χ2n) is 9.01. The third-order valence-corrected chi connectivity index (χ3v) is 6.38. The fourth-order valence-electron chi connectivity index (χ4n) is 4.83. The summed E-state index contributed by atoms with van der Waals surface area (Å²) in [6.45, 7) is 4.08. The Hall–Kier alpha value is -3.52. The number of benzene rings is 2. The van der Waals surface area contributed by atoms with Gasteiger partial charge in [0.2, 0.25) is 0 Å². The Kier molecular flexibility index (Phi) is 4.68. The van der Waals surface area contributed by atoms with Crippen molar-refractivity contribution in [2.24, 2.45) is 14.1 Å². The molecule has 0 bridgehead atoms. The smallest absolute Gasteiger partial charge is 0.331 e. The summed E-state index contributed by atoms with van der Waals surface area (Å²) in [5.74, 6) is -2.00. The van der Waals surface area contributed by atoms with Crippen molar-refractivity contribution in [2.45, 2.75) is 25.5 Å². The molecule has 0 saturated heterocycles. The first-order valence-electron chi connectivity index (χ1n) is 10.6. The molecule has 0 saturated carbocycles. The predicted octanol–water partition coefficient (Wildman–Crippen LogP) is 3.84. The summed E-state index contributed by atoms with van der Waals surface area (Å²) in [7, 11) is 3.00. The normalized spacial score (nSPS) is 17.3. The van der Waals surface area contributed by atoms with Crippen LogP contribution in [0.2, 0.25) is 0 Å². The molecule has 0 aliphatic carbocycles. The zero-order chi connectivity index (χ0) is 23.7. The Balaban J connectivity index is 2.03. The van der Waals surface area contributed by atoms with Crippen LogP contribution >= 0.6 is 0 Å². The van der Waals surface area contributed by atoms with E-state index in [1.165, 1.54) is 23.7 Å². The molecule has 5 rings (SSSR count). The van der Waals surface area contributed by atoms with Crippen molar-refractivity contribution in [3.8, 4) is 11.3 Å². The Morgan fingerprint density at radius 2 is 1.67 bits per heavy atom. The van der Waals surface area contributed by atoms with Crippen LogP contribution in [0.25, 0.3) is 22.2 Å². The second-order valence-corrected chi connectivity index (χ2v) is 9.01. The Morgan fingerprint density at radius 1 is 0.970 bits per heavy atom. The van der Waals surface area contributed by atoms with Gasteiger partial charge in [-0.2, -0.15) is 0 Å². The lowest BCUT2D eigenvalue weighted by Gasteiger charge is -2.39. The quantitative estimate of drug-likeness (QED) is 0.465. The average Bonchev–Trinajstić information content (AvgIpc) is 3.17. The van der Waals surface area contributed by atoms with E-state index in [4.69, 9.17) is 4.74 Å². The highest BCUT2D eigenvalue weighted by Gasteiger charge is 2.41. The molecule has 6 nitrogen and oxygen atoms in total. The van der Waals surface area contributed by atoms with Crippen molar-refractivity contribution in [3.63, 3.8) is 0 Å². The average molecular weight is 451 g/mol. The number of hydrogen-bond acceptors (Lipinski definition) is 3. The standard InChI is InChI=1S/C25H23F2N3O3/c1-25(2)13-33-22(15-11-8-12-16(26)18(15)27)21-20-17(23(31)29(4)24(32)28(20)3)19(30(21)25)14-9-6-5-7-10-14/h5-12,22H,13H2,1-4H3. The lowest BCUT2D eigenvalue weighted by atomic mass is 9.97.